The lowest BCUT2D eigenvalue weighted by Gasteiger charge is -2.15. The number of thioether (sulfide) groups is 2. The maximum atomic E-state index is 12.0. The Morgan fingerprint density at radius 1 is 1.35 bits per heavy atom. The number of para-hydroxylation sites is 1. The maximum Gasteiger partial charge on any atom is 0.212 e. The Morgan fingerprint density at radius 3 is 2.65 bits per heavy atom. The van der Waals surface area contributed by atoms with E-state index < -0.39 is 10.0 Å². The molecule has 0 aromatic heterocycles. The molecule has 0 spiro atoms. The summed E-state index contributed by atoms with van der Waals surface area (Å²) >= 11 is 3.12. The molecule has 0 radical (unpaired) electrons. The highest BCUT2D eigenvalue weighted by Gasteiger charge is 2.16. The monoisotopic (exact) mass is 334 g/mol. The van der Waals surface area contributed by atoms with Crippen LogP contribution in [0.3, 0.4) is 0 Å². The van der Waals surface area contributed by atoms with Crippen molar-refractivity contribution in [3.8, 4) is 0 Å². The molecule has 0 aliphatic carbocycles. The molecule has 0 saturated heterocycles. The minimum absolute atomic E-state index is 0.0156. The predicted molar refractivity (Wildman–Crippen MR) is 91.0 cm³/mol. The lowest BCUT2D eigenvalue weighted by atomic mass is 10.3. The minimum Gasteiger partial charge on any atom is -0.398 e. The molecule has 0 fully saturated rings. The molecule has 1 atom stereocenters. The molecule has 1 aromatic carbocycles. The number of hydrogen-bond acceptors (Lipinski definition) is 5. The Labute approximate surface area is 130 Å². The van der Waals surface area contributed by atoms with Crippen LogP contribution in [0.4, 0.5) is 5.69 Å². The first-order valence-electron chi connectivity index (χ1n) is 6.44. The van der Waals surface area contributed by atoms with Crippen molar-refractivity contribution in [2.45, 2.75) is 24.3 Å². The Kier molecular flexibility index (Phi) is 7.79. The second kappa shape index (κ2) is 8.81. The molecule has 20 heavy (non-hydrogen) atoms. The van der Waals surface area contributed by atoms with Crippen LogP contribution >= 0.6 is 23.5 Å². The zero-order chi connectivity index (χ0) is 15.0. The first-order valence-corrected chi connectivity index (χ1v) is 10.5. The Morgan fingerprint density at radius 2 is 2.05 bits per heavy atom. The van der Waals surface area contributed by atoms with E-state index in [2.05, 4.69) is 4.72 Å². The number of rotatable bonds is 9. The SMILES string of the molecule is CCC(CSC)NS(=O)(=O)CCSc1ccccc1N. The van der Waals surface area contributed by atoms with Crippen LogP contribution in [0.25, 0.3) is 0 Å². The van der Waals surface area contributed by atoms with Crippen molar-refractivity contribution in [1.29, 1.82) is 0 Å². The van der Waals surface area contributed by atoms with Gasteiger partial charge in [-0.2, -0.15) is 11.8 Å². The smallest absolute Gasteiger partial charge is 0.212 e. The van der Waals surface area contributed by atoms with Gasteiger partial charge in [0.25, 0.3) is 0 Å². The molecule has 1 rings (SSSR count). The van der Waals surface area contributed by atoms with E-state index >= 15 is 0 Å². The maximum absolute atomic E-state index is 12.0. The standard InChI is InChI=1S/C13H22N2O2S3/c1-3-11(10-18-2)15-20(16,17)9-8-19-13-7-5-4-6-12(13)14/h4-7,11,15H,3,8-10,14H2,1-2H3. The van der Waals surface area contributed by atoms with Crippen LogP contribution in [0.2, 0.25) is 0 Å². The summed E-state index contributed by atoms with van der Waals surface area (Å²) in [5, 5.41) is 0. The summed E-state index contributed by atoms with van der Waals surface area (Å²) in [5.74, 6) is 1.41. The molecule has 0 bridgehead atoms. The van der Waals surface area contributed by atoms with E-state index in [1.54, 1.807) is 11.8 Å². The normalized spacial score (nSPS) is 13.3. The molecule has 1 aromatic rings. The van der Waals surface area contributed by atoms with Crippen molar-refractivity contribution in [3.05, 3.63) is 24.3 Å². The highest BCUT2D eigenvalue weighted by Crippen LogP contribution is 2.24. The molecule has 4 nitrogen and oxygen atoms in total. The molecule has 0 heterocycles. The highest BCUT2D eigenvalue weighted by atomic mass is 32.2. The van der Waals surface area contributed by atoms with Gasteiger partial charge in [-0.05, 0) is 24.8 Å². The molecular formula is C13H22N2O2S3. The van der Waals surface area contributed by atoms with Gasteiger partial charge >= 0.3 is 0 Å². The number of sulfonamides is 1. The number of nitrogen functional groups attached to an aromatic ring is 1. The number of hydrogen-bond donors (Lipinski definition) is 2. The quantitative estimate of drug-likeness (QED) is 0.536. The van der Waals surface area contributed by atoms with Gasteiger partial charge in [0.2, 0.25) is 10.0 Å². The summed E-state index contributed by atoms with van der Waals surface area (Å²) in [6.07, 6.45) is 2.78. The van der Waals surface area contributed by atoms with Gasteiger partial charge in [-0.25, -0.2) is 13.1 Å². The number of nitrogens with one attached hydrogen (secondary N) is 1. The van der Waals surface area contributed by atoms with Gasteiger partial charge in [0.1, 0.15) is 0 Å². The Hall–Kier alpha value is -0.370. The third-order valence-electron chi connectivity index (χ3n) is 2.74. The van der Waals surface area contributed by atoms with E-state index in [1.807, 2.05) is 37.4 Å². The zero-order valence-corrected chi connectivity index (χ0v) is 14.3. The molecule has 1 unspecified atom stereocenters. The van der Waals surface area contributed by atoms with Gasteiger partial charge in [0, 0.05) is 28.1 Å². The van der Waals surface area contributed by atoms with Crippen LogP contribution in [0.5, 0.6) is 0 Å². The molecular weight excluding hydrogens is 312 g/mol. The average molecular weight is 335 g/mol. The summed E-state index contributed by atoms with van der Waals surface area (Å²) in [6, 6.07) is 7.51. The van der Waals surface area contributed by atoms with Crippen molar-refractivity contribution >= 4 is 39.2 Å². The van der Waals surface area contributed by atoms with Gasteiger partial charge in [0.15, 0.2) is 0 Å². The number of anilines is 1. The Balaban J connectivity index is 2.45. The summed E-state index contributed by atoms with van der Waals surface area (Å²) in [4.78, 5) is 0.929. The minimum atomic E-state index is -3.22. The van der Waals surface area contributed by atoms with Crippen molar-refractivity contribution in [2.75, 3.05) is 29.2 Å². The molecule has 0 aliphatic heterocycles. The largest absolute Gasteiger partial charge is 0.398 e. The first-order chi connectivity index (χ1) is 9.48. The third kappa shape index (κ3) is 6.39. The lowest BCUT2D eigenvalue weighted by Crippen LogP contribution is -2.38. The summed E-state index contributed by atoms with van der Waals surface area (Å²) in [7, 11) is -3.22. The van der Waals surface area contributed by atoms with E-state index in [0.717, 1.165) is 17.1 Å². The van der Waals surface area contributed by atoms with E-state index in [4.69, 9.17) is 5.73 Å². The van der Waals surface area contributed by atoms with Gasteiger partial charge in [-0.15, -0.1) is 11.8 Å². The van der Waals surface area contributed by atoms with Gasteiger partial charge < -0.3 is 5.73 Å². The van der Waals surface area contributed by atoms with E-state index in [9.17, 15) is 8.42 Å². The summed E-state index contributed by atoms with van der Waals surface area (Å²) in [5.41, 5.74) is 6.51. The van der Waals surface area contributed by atoms with E-state index in [1.165, 1.54) is 11.8 Å². The fourth-order valence-electron chi connectivity index (χ4n) is 1.62. The van der Waals surface area contributed by atoms with Gasteiger partial charge in [-0.3, -0.25) is 0 Å². The topological polar surface area (TPSA) is 72.2 Å². The molecule has 0 saturated carbocycles. The van der Waals surface area contributed by atoms with Gasteiger partial charge in [-0.1, -0.05) is 19.1 Å². The molecule has 7 heteroatoms. The van der Waals surface area contributed by atoms with Crippen LogP contribution < -0.4 is 10.5 Å². The lowest BCUT2D eigenvalue weighted by molar-refractivity contribution is 0.560. The van der Waals surface area contributed by atoms with E-state index in [-0.39, 0.29) is 11.8 Å². The predicted octanol–water partition coefficient (Wildman–Crippen LogP) is 2.42. The second-order valence-corrected chi connectivity index (χ2v) is 8.30. The first kappa shape index (κ1) is 17.7. The van der Waals surface area contributed by atoms with Crippen LogP contribution in [-0.4, -0.2) is 38.0 Å². The molecule has 3 N–H and O–H groups in total. The summed E-state index contributed by atoms with van der Waals surface area (Å²) in [6.45, 7) is 1.99. The molecule has 0 amide bonds. The van der Waals surface area contributed by atoms with Crippen molar-refractivity contribution < 1.29 is 8.42 Å². The average Bonchev–Trinajstić information content (AvgIpc) is 2.40. The number of benzene rings is 1. The van der Waals surface area contributed by atoms with E-state index in [0.29, 0.717) is 11.4 Å². The van der Waals surface area contributed by atoms with Crippen molar-refractivity contribution in [3.63, 3.8) is 0 Å². The van der Waals surface area contributed by atoms with Crippen LogP contribution in [0, 0.1) is 0 Å². The number of nitrogens with two attached hydrogens (primary N) is 1. The van der Waals surface area contributed by atoms with Crippen molar-refractivity contribution in [1.82, 2.24) is 4.72 Å². The third-order valence-corrected chi connectivity index (χ3v) is 6.25. The fraction of sp³-hybridized carbons (Fsp3) is 0.538. The highest BCUT2D eigenvalue weighted by molar-refractivity contribution is 8.00. The van der Waals surface area contributed by atoms with Crippen LogP contribution in [-0.2, 0) is 10.0 Å². The van der Waals surface area contributed by atoms with Crippen LogP contribution in [0.1, 0.15) is 13.3 Å². The Bertz CT molecular complexity index is 506. The van der Waals surface area contributed by atoms with Gasteiger partial charge in [0.05, 0.1) is 5.75 Å². The summed E-state index contributed by atoms with van der Waals surface area (Å²) < 4.78 is 26.7. The second-order valence-electron chi connectivity index (χ2n) is 4.38. The molecule has 0 aliphatic rings. The molecule has 114 valence electrons. The fourth-order valence-corrected chi connectivity index (χ4v) is 5.17. The zero-order valence-electron chi connectivity index (χ0n) is 11.8. The van der Waals surface area contributed by atoms with Crippen LogP contribution in [0.15, 0.2) is 29.2 Å². The van der Waals surface area contributed by atoms with Crippen molar-refractivity contribution in [2.24, 2.45) is 0 Å².